The van der Waals surface area contributed by atoms with Crippen LogP contribution in [-0.4, -0.2) is 5.78 Å². The lowest BCUT2D eigenvalue weighted by Crippen LogP contribution is -2.07. The van der Waals surface area contributed by atoms with Gasteiger partial charge in [-0.15, -0.1) is 0 Å². The van der Waals surface area contributed by atoms with Crippen molar-refractivity contribution in [2.24, 2.45) is 0 Å². The normalized spacial score (nSPS) is 12.1. The van der Waals surface area contributed by atoms with Crippen LogP contribution >= 0.6 is 7.60 Å². The molecule has 206 valence electrons. The first-order chi connectivity index (χ1) is 20.5. The van der Waals surface area contributed by atoms with Crippen molar-refractivity contribution in [2.75, 3.05) is 0 Å². The van der Waals surface area contributed by atoms with E-state index in [0.717, 1.165) is 21.5 Å². The number of carbonyl (C=O) groups is 1. The number of halogens is 1. The quantitative estimate of drug-likeness (QED) is 0.128. The van der Waals surface area contributed by atoms with E-state index >= 15 is 4.39 Å². The molecule has 0 N–H and O–H groups in total. The highest BCUT2D eigenvalue weighted by atomic mass is 31.2. The molecule has 0 aliphatic rings. The Morgan fingerprint density at radius 1 is 0.548 bits per heavy atom. The Hall–Kier alpha value is -4.99. The molecule has 0 heterocycles. The van der Waals surface area contributed by atoms with Gasteiger partial charge in [-0.3, -0.25) is 4.79 Å². The summed E-state index contributed by atoms with van der Waals surface area (Å²) in [4.78, 5) is 13.3. The number of carbonyl (C=O) groups excluding carboxylic acids is 1. The van der Waals surface area contributed by atoms with E-state index in [-0.39, 0.29) is 29.3 Å². The second-order valence-corrected chi connectivity index (χ2v) is 11.6. The van der Waals surface area contributed by atoms with Gasteiger partial charge in [-0.1, -0.05) is 121 Å². The minimum Gasteiger partial charge on any atom is -0.411 e. The first kappa shape index (κ1) is 27.2. The van der Waals surface area contributed by atoms with Crippen molar-refractivity contribution >= 4 is 40.5 Å². The van der Waals surface area contributed by atoms with Crippen LogP contribution in [0.5, 0.6) is 11.5 Å². The van der Waals surface area contributed by atoms with Crippen LogP contribution in [0.2, 0.25) is 0 Å². The predicted molar refractivity (Wildman–Crippen MR) is 167 cm³/mol. The molecule has 6 aromatic carbocycles. The van der Waals surface area contributed by atoms with Gasteiger partial charge in [0, 0.05) is 17.6 Å². The monoisotopic (exact) mass is 572 g/mol. The molecule has 0 fully saturated rings. The highest BCUT2D eigenvalue weighted by molar-refractivity contribution is 7.59. The highest BCUT2D eigenvalue weighted by Gasteiger charge is 2.39. The Morgan fingerprint density at radius 3 is 1.48 bits per heavy atom. The predicted octanol–water partition coefficient (Wildman–Crippen LogP) is 10.3. The molecule has 42 heavy (non-hydrogen) atoms. The summed E-state index contributed by atoms with van der Waals surface area (Å²) < 4.78 is 43.5. The van der Waals surface area contributed by atoms with Crippen molar-refractivity contribution in [3.63, 3.8) is 0 Å². The van der Waals surface area contributed by atoms with Crippen LogP contribution in [0.3, 0.4) is 0 Å². The van der Waals surface area contributed by atoms with Crippen molar-refractivity contribution in [3.8, 4) is 11.5 Å². The summed E-state index contributed by atoms with van der Waals surface area (Å²) >= 11 is 0. The first-order valence-corrected chi connectivity index (χ1v) is 15.0. The summed E-state index contributed by atoms with van der Waals surface area (Å²) in [5, 5.41) is 3.56. The molecular formula is C36H26FO4P. The van der Waals surface area contributed by atoms with Gasteiger partial charge in [-0.05, 0) is 51.4 Å². The van der Waals surface area contributed by atoms with Crippen LogP contribution in [0.15, 0.2) is 151 Å². The van der Waals surface area contributed by atoms with Gasteiger partial charge < -0.3 is 9.05 Å². The third-order valence-corrected chi connectivity index (χ3v) is 8.59. The molecule has 6 heteroatoms. The molecule has 6 aromatic rings. The standard InChI is InChI=1S/C36H26FO4P/c37-36(34(28-13-3-1-4-14-28)25-35(38)29-15-5-2-6-16-29)42(39,40-32-21-19-26-11-7-9-17-30(26)23-32)41-33-22-20-27-12-8-10-18-31(27)24-33/h1-24H,25H2/b36-34+. The maximum absolute atomic E-state index is 16.9. The summed E-state index contributed by atoms with van der Waals surface area (Å²) in [6.07, 6.45) is -0.341. The number of rotatable bonds is 9. The van der Waals surface area contributed by atoms with Gasteiger partial charge in [0.15, 0.2) is 5.78 Å². The summed E-state index contributed by atoms with van der Waals surface area (Å²) in [5.74, 6) is 0.0251. The number of Topliss-reactive ketones (excluding diaryl/α,β-unsaturated/α-hetero) is 1. The van der Waals surface area contributed by atoms with Crippen LogP contribution < -0.4 is 9.05 Å². The van der Waals surface area contributed by atoms with Crippen molar-refractivity contribution < 1.29 is 22.8 Å². The van der Waals surface area contributed by atoms with Crippen molar-refractivity contribution in [1.29, 1.82) is 0 Å². The van der Waals surface area contributed by atoms with Gasteiger partial charge in [0.2, 0.25) is 5.57 Å². The molecule has 0 aliphatic heterocycles. The minimum atomic E-state index is -4.72. The van der Waals surface area contributed by atoms with Gasteiger partial charge in [0.05, 0.1) is 0 Å². The van der Waals surface area contributed by atoms with Crippen LogP contribution in [0.25, 0.3) is 27.1 Å². The molecule has 4 nitrogen and oxygen atoms in total. The first-order valence-electron chi connectivity index (χ1n) is 13.5. The molecule has 0 unspecified atom stereocenters. The lowest BCUT2D eigenvalue weighted by atomic mass is 9.98. The van der Waals surface area contributed by atoms with E-state index in [1.54, 1.807) is 84.9 Å². The zero-order chi connectivity index (χ0) is 28.9. The lowest BCUT2D eigenvalue weighted by molar-refractivity contribution is 0.0998. The molecular weight excluding hydrogens is 546 g/mol. The van der Waals surface area contributed by atoms with Gasteiger partial charge >= 0.3 is 7.60 Å². The fourth-order valence-electron chi connectivity index (χ4n) is 4.81. The number of hydrogen-bond acceptors (Lipinski definition) is 4. The van der Waals surface area contributed by atoms with Gasteiger partial charge in [-0.2, -0.15) is 4.39 Å². The highest BCUT2D eigenvalue weighted by Crippen LogP contribution is 2.59. The van der Waals surface area contributed by atoms with E-state index in [2.05, 4.69) is 0 Å². The minimum absolute atomic E-state index is 0.0608. The Bertz CT molecular complexity index is 1880. The third kappa shape index (κ3) is 5.88. The molecule has 0 bridgehead atoms. The van der Waals surface area contributed by atoms with Gasteiger partial charge in [-0.25, -0.2) is 4.57 Å². The molecule has 0 radical (unpaired) electrons. The van der Waals surface area contributed by atoms with Crippen LogP contribution in [-0.2, 0) is 4.57 Å². The average Bonchev–Trinajstić information content (AvgIpc) is 3.04. The molecule has 0 aromatic heterocycles. The van der Waals surface area contributed by atoms with Gasteiger partial charge in [0.1, 0.15) is 11.5 Å². The summed E-state index contributed by atoms with van der Waals surface area (Å²) in [5.41, 5.74) is -0.364. The van der Waals surface area contributed by atoms with Crippen molar-refractivity contribution in [1.82, 2.24) is 0 Å². The summed E-state index contributed by atoms with van der Waals surface area (Å²) in [6, 6.07) is 42.7. The fraction of sp³-hybridized carbons (Fsp3) is 0.0278. The van der Waals surface area contributed by atoms with E-state index in [0.29, 0.717) is 11.1 Å². The Morgan fingerprint density at radius 2 is 0.976 bits per heavy atom. The molecule has 6 rings (SSSR count). The number of allylic oxidation sites excluding steroid dienone is 1. The van der Waals surface area contributed by atoms with E-state index < -0.39 is 13.2 Å². The van der Waals surface area contributed by atoms with E-state index in [9.17, 15) is 9.36 Å². The molecule has 0 spiro atoms. The lowest BCUT2D eigenvalue weighted by Gasteiger charge is -2.21. The Kier molecular flexibility index (Phi) is 7.68. The van der Waals surface area contributed by atoms with Crippen molar-refractivity contribution in [2.45, 2.75) is 6.42 Å². The topological polar surface area (TPSA) is 52.6 Å². The van der Waals surface area contributed by atoms with Crippen molar-refractivity contribution in [3.05, 3.63) is 162 Å². The molecule has 0 atom stereocenters. The maximum atomic E-state index is 16.9. The third-order valence-electron chi connectivity index (χ3n) is 6.94. The van der Waals surface area contributed by atoms with Crippen LogP contribution in [0, 0.1) is 0 Å². The van der Waals surface area contributed by atoms with E-state index in [1.807, 2.05) is 60.7 Å². The number of ketones is 1. The zero-order valence-corrected chi connectivity index (χ0v) is 23.4. The fourth-order valence-corrected chi connectivity index (χ4v) is 6.33. The smallest absolute Gasteiger partial charge is 0.411 e. The largest absolute Gasteiger partial charge is 0.491 e. The number of hydrogen-bond donors (Lipinski definition) is 0. The zero-order valence-electron chi connectivity index (χ0n) is 22.5. The average molecular weight is 573 g/mol. The number of benzene rings is 6. The maximum Gasteiger partial charge on any atom is 0.491 e. The number of fused-ring (bicyclic) bond motifs is 2. The Labute approximate surface area is 243 Å². The second-order valence-electron chi connectivity index (χ2n) is 9.80. The molecule has 0 amide bonds. The molecule has 0 aliphatic carbocycles. The van der Waals surface area contributed by atoms with Crippen LogP contribution in [0.4, 0.5) is 4.39 Å². The SMILES string of the molecule is O=C(C/C(=C(/F)P(=O)(Oc1ccc2ccccc2c1)Oc1ccc2ccccc2c1)c1ccccc1)c1ccccc1. The molecule has 0 saturated carbocycles. The molecule has 0 saturated heterocycles. The summed E-state index contributed by atoms with van der Waals surface area (Å²) in [6.45, 7) is 0. The van der Waals surface area contributed by atoms with E-state index in [1.165, 1.54) is 0 Å². The summed E-state index contributed by atoms with van der Waals surface area (Å²) in [7, 11) is -4.72. The van der Waals surface area contributed by atoms with Gasteiger partial charge in [0.25, 0.3) is 0 Å². The van der Waals surface area contributed by atoms with E-state index in [4.69, 9.17) is 9.05 Å². The van der Waals surface area contributed by atoms with Crippen LogP contribution in [0.1, 0.15) is 22.3 Å². The Balaban J connectivity index is 1.48. The second kappa shape index (κ2) is 11.9.